The summed E-state index contributed by atoms with van der Waals surface area (Å²) in [5.74, 6) is 0.623. The number of aromatic nitrogens is 2. The number of amides is 1. The standard InChI is InChI=1S/C21H25N5O/c1-2-24-13-17(9-20(24)10-22)14-25-11-16-3-4-19(25)15-26(12-16)21(27)18-5-7-23-8-6-18/h5-9,13,16,19H,2-4,11-12,14-15H2,1H3/t16-,19-/m1/s1. The number of carbonyl (C=O) groups excluding carboxylic acids is 1. The molecule has 0 aromatic carbocycles. The van der Waals surface area contributed by atoms with Crippen LogP contribution in [0, 0.1) is 17.2 Å². The Kier molecular flexibility index (Phi) is 4.95. The number of aryl methyl sites for hydroxylation is 1. The van der Waals surface area contributed by atoms with Crippen LogP contribution in [-0.4, -0.2) is 50.9 Å². The summed E-state index contributed by atoms with van der Waals surface area (Å²) in [6.07, 6.45) is 7.76. The molecule has 2 aromatic heterocycles. The average Bonchev–Trinajstić information content (AvgIpc) is 2.88. The van der Waals surface area contributed by atoms with E-state index in [1.165, 1.54) is 12.0 Å². The first kappa shape index (κ1) is 17.7. The third-order valence-corrected chi connectivity index (χ3v) is 5.84. The van der Waals surface area contributed by atoms with Crippen molar-refractivity contribution in [3.63, 3.8) is 0 Å². The zero-order valence-electron chi connectivity index (χ0n) is 15.7. The lowest BCUT2D eigenvalue weighted by Gasteiger charge is -2.35. The first-order chi connectivity index (χ1) is 13.2. The minimum atomic E-state index is 0.111. The molecule has 5 rings (SSSR count). The van der Waals surface area contributed by atoms with Gasteiger partial charge in [0.25, 0.3) is 5.91 Å². The second-order valence-corrected chi connectivity index (χ2v) is 7.60. The Morgan fingerprint density at radius 1 is 1.26 bits per heavy atom. The Balaban J connectivity index is 1.49. The van der Waals surface area contributed by atoms with Gasteiger partial charge in [0, 0.05) is 62.9 Å². The fourth-order valence-corrected chi connectivity index (χ4v) is 4.46. The molecule has 0 radical (unpaired) electrons. The molecule has 140 valence electrons. The molecule has 0 unspecified atom stereocenters. The molecule has 0 spiro atoms. The van der Waals surface area contributed by atoms with E-state index < -0.39 is 0 Å². The summed E-state index contributed by atoms with van der Waals surface area (Å²) in [5, 5.41) is 9.29. The number of rotatable bonds is 4. The van der Waals surface area contributed by atoms with Crippen LogP contribution in [-0.2, 0) is 13.1 Å². The van der Waals surface area contributed by atoms with Crippen molar-refractivity contribution in [2.24, 2.45) is 5.92 Å². The van der Waals surface area contributed by atoms with E-state index in [1.807, 2.05) is 15.5 Å². The van der Waals surface area contributed by atoms with Gasteiger partial charge in [0.2, 0.25) is 0 Å². The molecular formula is C21H25N5O. The molecule has 27 heavy (non-hydrogen) atoms. The van der Waals surface area contributed by atoms with Gasteiger partial charge in [0.15, 0.2) is 0 Å². The number of hydrogen-bond donors (Lipinski definition) is 0. The zero-order valence-corrected chi connectivity index (χ0v) is 15.7. The van der Waals surface area contributed by atoms with E-state index in [2.05, 4.69) is 29.1 Å². The van der Waals surface area contributed by atoms with E-state index in [0.717, 1.165) is 50.4 Å². The zero-order chi connectivity index (χ0) is 18.8. The second-order valence-electron chi connectivity index (χ2n) is 7.60. The molecule has 2 bridgehead atoms. The number of nitriles is 1. The first-order valence-corrected chi connectivity index (χ1v) is 9.70. The molecule has 2 atom stereocenters. The predicted molar refractivity (Wildman–Crippen MR) is 102 cm³/mol. The van der Waals surface area contributed by atoms with Crippen LogP contribution in [0.2, 0.25) is 0 Å². The summed E-state index contributed by atoms with van der Waals surface area (Å²) in [4.78, 5) is 21.4. The Morgan fingerprint density at radius 3 is 2.78 bits per heavy atom. The molecule has 6 heteroatoms. The predicted octanol–water partition coefficient (Wildman–Crippen LogP) is 2.51. The van der Waals surface area contributed by atoms with E-state index in [4.69, 9.17) is 0 Å². The van der Waals surface area contributed by atoms with Crippen molar-refractivity contribution < 1.29 is 4.79 Å². The second kappa shape index (κ2) is 7.53. The summed E-state index contributed by atoms with van der Waals surface area (Å²) in [5.41, 5.74) is 2.63. The molecule has 3 aliphatic heterocycles. The van der Waals surface area contributed by atoms with Crippen LogP contribution in [0.3, 0.4) is 0 Å². The molecule has 0 aliphatic carbocycles. The molecule has 2 aromatic rings. The summed E-state index contributed by atoms with van der Waals surface area (Å²) in [7, 11) is 0. The van der Waals surface area contributed by atoms with Gasteiger partial charge in [0.05, 0.1) is 0 Å². The molecule has 0 N–H and O–H groups in total. The maximum absolute atomic E-state index is 12.9. The highest BCUT2D eigenvalue weighted by Gasteiger charge is 2.36. The number of piperidine rings is 1. The lowest BCUT2D eigenvalue weighted by molar-refractivity contribution is 0.0736. The van der Waals surface area contributed by atoms with E-state index in [0.29, 0.717) is 12.0 Å². The Labute approximate surface area is 160 Å². The van der Waals surface area contributed by atoms with Crippen molar-refractivity contribution >= 4 is 5.91 Å². The van der Waals surface area contributed by atoms with E-state index in [9.17, 15) is 10.1 Å². The summed E-state index contributed by atoms with van der Waals surface area (Å²) in [6, 6.07) is 8.25. The summed E-state index contributed by atoms with van der Waals surface area (Å²) >= 11 is 0. The van der Waals surface area contributed by atoms with E-state index >= 15 is 0 Å². The van der Waals surface area contributed by atoms with Gasteiger partial charge in [-0.2, -0.15) is 5.26 Å². The van der Waals surface area contributed by atoms with E-state index in [1.54, 1.807) is 24.5 Å². The van der Waals surface area contributed by atoms with Gasteiger partial charge < -0.3 is 9.47 Å². The quantitative estimate of drug-likeness (QED) is 0.837. The van der Waals surface area contributed by atoms with Crippen molar-refractivity contribution in [1.29, 1.82) is 5.26 Å². The third-order valence-electron chi connectivity index (χ3n) is 5.84. The van der Waals surface area contributed by atoms with Gasteiger partial charge in [-0.25, -0.2) is 0 Å². The SMILES string of the molecule is CCn1cc(CN2C[C@H]3CC[C@@H]2CN(C(=O)c2ccncc2)C3)cc1C#N. The number of fused-ring (bicyclic) bond motifs is 4. The lowest BCUT2D eigenvalue weighted by Crippen LogP contribution is -2.43. The highest BCUT2D eigenvalue weighted by molar-refractivity contribution is 5.94. The minimum absolute atomic E-state index is 0.111. The maximum atomic E-state index is 12.9. The Bertz CT molecular complexity index is 853. The fraction of sp³-hybridized carbons (Fsp3) is 0.476. The fourth-order valence-electron chi connectivity index (χ4n) is 4.46. The molecule has 6 nitrogen and oxygen atoms in total. The van der Waals surface area contributed by atoms with Crippen LogP contribution in [0.25, 0.3) is 0 Å². The van der Waals surface area contributed by atoms with Crippen molar-refractivity contribution in [3.05, 3.63) is 53.6 Å². The van der Waals surface area contributed by atoms with Crippen molar-refractivity contribution in [2.45, 2.75) is 38.9 Å². The van der Waals surface area contributed by atoms with Gasteiger partial charge in [-0.3, -0.25) is 14.7 Å². The van der Waals surface area contributed by atoms with Crippen LogP contribution in [0.4, 0.5) is 0 Å². The summed E-state index contributed by atoms with van der Waals surface area (Å²) < 4.78 is 2.00. The summed E-state index contributed by atoms with van der Waals surface area (Å²) in [6.45, 7) is 6.33. The number of hydrogen-bond acceptors (Lipinski definition) is 4. The molecule has 0 saturated carbocycles. The number of nitrogens with zero attached hydrogens (tertiary/aromatic N) is 5. The van der Waals surface area contributed by atoms with E-state index in [-0.39, 0.29) is 5.91 Å². The van der Waals surface area contributed by atoms with Gasteiger partial charge in [-0.15, -0.1) is 0 Å². The average molecular weight is 363 g/mol. The van der Waals surface area contributed by atoms with Gasteiger partial charge >= 0.3 is 0 Å². The van der Waals surface area contributed by atoms with Gasteiger partial charge in [-0.1, -0.05) is 0 Å². The Morgan fingerprint density at radius 2 is 2.07 bits per heavy atom. The first-order valence-electron chi connectivity index (χ1n) is 9.70. The highest BCUT2D eigenvalue weighted by Crippen LogP contribution is 2.30. The largest absolute Gasteiger partial charge is 0.339 e. The smallest absolute Gasteiger partial charge is 0.254 e. The van der Waals surface area contributed by atoms with Crippen molar-refractivity contribution in [1.82, 2.24) is 19.4 Å². The molecule has 3 fully saturated rings. The third kappa shape index (κ3) is 3.60. The lowest BCUT2D eigenvalue weighted by atomic mass is 9.94. The van der Waals surface area contributed by atoms with Crippen molar-refractivity contribution in [2.75, 3.05) is 19.6 Å². The minimum Gasteiger partial charge on any atom is -0.339 e. The molecular weight excluding hydrogens is 338 g/mol. The van der Waals surface area contributed by atoms with Crippen LogP contribution in [0.1, 0.15) is 41.4 Å². The maximum Gasteiger partial charge on any atom is 0.254 e. The Hall–Kier alpha value is -2.65. The van der Waals surface area contributed by atoms with Crippen molar-refractivity contribution in [3.8, 4) is 6.07 Å². The van der Waals surface area contributed by atoms with Crippen LogP contribution in [0.15, 0.2) is 36.8 Å². The van der Waals surface area contributed by atoms with Crippen LogP contribution < -0.4 is 0 Å². The molecule has 1 amide bonds. The highest BCUT2D eigenvalue weighted by atomic mass is 16.2. The monoisotopic (exact) mass is 363 g/mol. The molecule has 5 heterocycles. The topological polar surface area (TPSA) is 65.2 Å². The number of carbonyl (C=O) groups is 1. The number of pyridine rings is 1. The van der Waals surface area contributed by atoms with Gasteiger partial charge in [-0.05, 0) is 49.4 Å². The van der Waals surface area contributed by atoms with Gasteiger partial charge in [0.1, 0.15) is 11.8 Å². The van der Waals surface area contributed by atoms with Crippen LogP contribution in [0.5, 0.6) is 0 Å². The molecule has 3 aliphatic rings. The normalized spacial score (nSPS) is 22.4. The molecule has 3 saturated heterocycles. The van der Waals surface area contributed by atoms with Crippen LogP contribution >= 0.6 is 0 Å².